The Morgan fingerprint density at radius 2 is 1.69 bits per heavy atom. The van der Waals surface area contributed by atoms with Crippen LogP contribution in [-0.4, -0.2) is 37.7 Å². The molecule has 4 nitrogen and oxygen atoms in total. The summed E-state index contributed by atoms with van der Waals surface area (Å²) < 4.78 is 5.65. The number of hydrogen-bond acceptors (Lipinski definition) is 4. The summed E-state index contributed by atoms with van der Waals surface area (Å²) in [6.07, 6.45) is 3.12. The Kier molecular flexibility index (Phi) is 6.04. The van der Waals surface area contributed by atoms with Crippen molar-refractivity contribution in [3.8, 4) is 5.75 Å². The van der Waals surface area contributed by atoms with Gasteiger partial charge in [-0.15, -0.1) is 0 Å². The molecular weight excluding hydrogens is 396 g/mol. The molecule has 2 aliphatic heterocycles. The number of nitrogens with zero attached hydrogens (tertiary/aromatic N) is 2. The van der Waals surface area contributed by atoms with E-state index in [2.05, 4.69) is 76.8 Å². The Balaban J connectivity index is 1.37. The maximum absolute atomic E-state index is 11.7. The molecule has 0 amide bonds. The van der Waals surface area contributed by atoms with Gasteiger partial charge in [0, 0.05) is 24.9 Å². The van der Waals surface area contributed by atoms with Crippen molar-refractivity contribution in [1.29, 1.82) is 0 Å². The number of benzene rings is 3. The van der Waals surface area contributed by atoms with Gasteiger partial charge in [-0.05, 0) is 53.6 Å². The summed E-state index contributed by atoms with van der Waals surface area (Å²) >= 11 is 0. The number of hydrogen-bond donors (Lipinski definition) is 0. The number of nitroso groups, excluding NO2 is 1. The van der Waals surface area contributed by atoms with Crippen LogP contribution < -0.4 is 4.74 Å². The minimum absolute atomic E-state index is 0.268. The van der Waals surface area contributed by atoms with Crippen molar-refractivity contribution in [2.45, 2.75) is 24.7 Å². The van der Waals surface area contributed by atoms with Crippen LogP contribution in [-0.2, 0) is 18.3 Å². The fraction of sp³-hybridized carbons (Fsp3) is 0.357. The zero-order valence-electron chi connectivity index (χ0n) is 18.5. The van der Waals surface area contributed by atoms with Gasteiger partial charge in [0.1, 0.15) is 5.75 Å². The molecule has 0 aliphatic carbocycles. The van der Waals surface area contributed by atoms with Crippen LogP contribution in [0.2, 0.25) is 0 Å². The largest absolute Gasteiger partial charge is 0.493 e. The van der Waals surface area contributed by atoms with E-state index in [0.717, 1.165) is 51.3 Å². The number of likely N-dealkylation sites (tertiary alicyclic amines) is 1. The van der Waals surface area contributed by atoms with Gasteiger partial charge in [0.2, 0.25) is 0 Å². The Hall–Kier alpha value is -2.98. The Morgan fingerprint density at radius 1 is 0.969 bits per heavy atom. The van der Waals surface area contributed by atoms with Crippen LogP contribution in [0.25, 0.3) is 0 Å². The van der Waals surface area contributed by atoms with E-state index < -0.39 is 0 Å². The van der Waals surface area contributed by atoms with Crippen LogP contribution in [0, 0.1) is 10.8 Å². The molecule has 0 radical (unpaired) electrons. The fourth-order valence-corrected chi connectivity index (χ4v) is 5.64. The smallest absolute Gasteiger partial charge is 0.122 e. The molecule has 1 fully saturated rings. The average Bonchev–Trinajstić information content (AvgIpc) is 3.52. The Morgan fingerprint density at radius 3 is 2.38 bits per heavy atom. The first-order chi connectivity index (χ1) is 15.8. The van der Waals surface area contributed by atoms with Gasteiger partial charge >= 0.3 is 0 Å². The molecule has 4 heteroatoms. The van der Waals surface area contributed by atoms with Gasteiger partial charge in [0.05, 0.1) is 13.2 Å². The molecule has 0 spiro atoms. The molecule has 0 aromatic heterocycles. The van der Waals surface area contributed by atoms with Crippen molar-refractivity contribution in [1.82, 2.24) is 4.90 Å². The molecule has 1 atom stereocenters. The second kappa shape index (κ2) is 9.25. The van der Waals surface area contributed by atoms with Crippen molar-refractivity contribution in [3.63, 3.8) is 0 Å². The van der Waals surface area contributed by atoms with E-state index in [9.17, 15) is 4.91 Å². The lowest BCUT2D eigenvalue weighted by atomic mass is 9.65. The van der Waals surface area contributed by atoms with Gasteiger partial charge < -0.3 is 9.64 Å². The van der Waals surface area contributed by atoms with Crippen LogP contribution in [0.3, 0.4) is 0 Å². The summed E-state index contributed by atoms with van der Waals surface area (Å²) in [5.74, 6) is 1.39. The standard InChI is InChI=1S/C28H30N2O2/c31-29-21-28(24-7-3-1-4-8-24,25-9-5-2-6-10-25)26-14-17-30(20-26)16-13-22-11-12-27-23(19-22)15-18-32-27/h1-12,19,26H,13-18,20-21H2/t26-/m1/s1. The molecule has 3 aromatic carbocycles. The van der Waals surface area contributed by atoms with Crippen LogP contribution >= 0.6 is 0 Å². The summed E-state index contributed by atoms with van der Waals surface area (Å²) in [4.78, 5) is 14.3. The molecule has 32 heavy (non-hydrogen) atoms. The van der Waals surface area contributed by atoms with Gasteiger partial charge in [0.25, 0.3) is 0 Å². The predicted molar refractivity (Wildman–Crippen MR) is 128 cm³/mol. The number of rotatable bonds is 8. The second-order valence-corrected chi connectivity index (χ2v) is 9.07. The zero-order chi connectivity index (χ0) is 21.8. The van der Waals surface area contributed by atoms with Gasteiger partial charge in [0.15, 0.2) is 0 Å². The molecule has 164 valence electrons. The topological polar surface area (TPSA) is 41.9 Å². The van der Waals surface area contributed by atoms with Crippen molar-refractivity contribution in [3.05, 3.63) is 106 Å². The maximum atomic E-state index is 11.7. The van der Waals surface area contributed by atoms with Crippen LogP contribution in [0.5, 0.6) is 5.75 Å². The lowest BCUT2D eigenvalue weighted by Crippen LogP contribution is -2.41. The zero-order valence-corrected chi connectivity index (χ0v) is 18.5. The van der Waals surface area contributed by atoms with E-state index >= 15 is 0 Å². The predicted octanol–water partition coefficient (Wildman–Crippen LogP) is 5.24. The van der Waals surface area contributed by atoms with E-state index in [1.807, 2.05) is 12.1 Å². The summed E-state index contributed by atoms with van der Waals surface area (Å²) in [7, 11) is 0. The maximum Gasteiger partial charge on any atom is 0.122 e. The quantitative estimate of drug-likeness (QED) is 0.463. The lowest BCUT2D eigenvalue weighted by molar-refractivity contribution is 0.285. The third-order valence-corrected chi connectivity index (χ3v) is 7.33. The Labute approximate surface area is 190 Å². The first kappa shape index (κ1) is 20.9. The van der Waals surface area contributed by atoms with Crippen LogP contribution in [0.15, 0.2) is 84.0 Å². The summed E-state index contributed by atoms with van der Waals surface area (Å²) in [6.45, 7) is 4.14. The fourth-order valence-electron chi connectivity index (χ4n) is 5.64. The Bertz CT molecular complexity index is 1010. The van der Waals surface area contributed by atoms with E-state index in [0.29, 0.717) is 5.92 Å². The minimum atomic E-state index is -0.385. The molecule has 1 saturated heterocycles. The van der Waals surface area contributed by atoms with Crippen LogP contribution in [0.1, 0.15) is 28.7 Å². The highest BCUT2D eigenvalue weighted by Crippen LogP contribution is 2.44. The number of fused-ring (bicyclic) bond motifs is 1. The monoisotopic (exact) mass is 426 g/mol. The van der Waals surface area contributed by atoms with Crippen molar-refractivity contribution in [2.75, 3.05) is 32.8 Å². The molecule has 2 heterocycles. The SMILES string of the molecule is O=NCC(c1ccccc1)(c1ccccc1)[C@@H]1CCN(CCc2ccc3c(c2)CCO3)C1. The van der Waals surface area contributed by atoms with Gasteiger partial charge in [-0.2, -0.15) is 4.91 Å². The summed E-state index contributed by atoms with van der Waals surface area (Å²) in [5.41, 5.74) is 4.72. The van der Waals surface area contributed by atoms with Crippen LogP contribution in [0.4, 0.5) is 0 Å². The molecule has 0 bridgehead atoms. The average molecular weight is 427 g/mol. The molecule has 2 aliphatic rings. The van der Waals surface area contributed by atoms with E-state index in [-0.39, 0.29) is 12.0 Å². The molecule has 5 rings (SSSR count). The second-order valence-electron chi connectivity index (χ2n) is 9.07. The highest BCUT2D eigenvalue weighted by Gasteiger charge is 2.45. The summed E-state index contributed by atoms with van der Waals surface area (Å²) in [6, 6.07) is 27.6. The van der Waals surface area contributed by atoms with Gasteiger partial charge in [-0.25, -0.2) is 0 Å². The van der Waals surface area contributed by atoms with E-state index in [1.165, 1.54) is 22.3 Å². The molecule has 3 aromatic rings. The van der Waals surface area contributed by atoms with E-state index in [4.69, 9.17) is 4.74 Å². The van der Waals surface area contributed by atoms with Crippen molar-refractivity contribution < 1.29 is 4.74 Å². The minimum Gasteiger partial charge on any atom is -0.493 e. The normalized spacial score (nSPS) is 18.3. The van der Waals surface area contributed by atoms with Crippen molar-refractivity contribution in [2.24, 2.45) is 11.1 Å². The first-order valence-electron chi connectivity index (χ1n) is 11.7. The third-order valence-electron chi connectivity index (χ3n) is 7.33. The highest BCUT2D eigenvalue weighted by molar-refractivity contribution is 5.42. The van der Waals surface area contributed by atoms with Crippen molar-refractivity contribution >= 4 is 0 Å². The summed E-state index contributed by atoms with van der Waals surface area (Å²) in [5, 5.41) is 3.48. The van der Waals surface area contributed by atoms with E-state index in [1.54, 1.807) is 0 Å². The third kappa shape index (κ3) is 3.95. The number of ether oxygens (including phenoxy) is 1. The van der Waals surface area contributed by atoms with Gasteiger partial charge in [-0.3, -0.25) is 0 Å². The lowest BCUT2D eigenvalue weighted by Gasteiger charge is -2.38. The first-order valence-corrected chi connectivity index (χ1v) is 11.7. The molecule has 0 saturated carbocycles. The highest BCUT2D eigenvalue weighted by atomic mass is 16.5. The van der Waals surface area contributed by atoms with Gasteiger partial charge in [-0.1, -0.05) is 78.0 Å². The molecule has 0 N–H and O–H groups in total. The molecule has 0 unspecified atom stereocenters. The molecular formula is C28H30N2O2.